The standard InChI is InChI=1S/C23H23N3O7S/c1-3-32-22(30)18-15-9-10-25(23(31)33-4-2)11-16(15)34-19(18)24-17(27)12-26-20(28)13-7-5-6-8-14(13)21(26)29/h5-8H,3-4,9-12H2,1-2H3,(H,24,27). The summed E-state index contributed by atoms with van der Waals surface area (Å²) in [5, 5.41) is 2.93. The third kappa shape index (κ3) is 4.26. The molecule has 4 rings (SSSR count). The number of imide groups is 1. The molecule has 0 spiro atoms. The Morgan fingerprint density at radius 2 is 1.68 bits per heavy atom. The number of hydrogen-bond donors (Lipinski definition) is 1. The summed E-state index contributed by atoms with van der Waals surface area (Å²) in [5.41, 5.74) is 1.44. The first kappa shape index (κ1) is 23.4. The van der Waals surface area contributed by atoms with Crippen LogP contribution in [0.3, 0.4) is 0 Å². The molecule has 2 aromatic rings. The highest BCUT2D eigenvalue weighted by Gasteiger charge is 2.37. The molecular formula is C23H23N3O7S. The van der Waals surface area contributed by atoms with Gasteiger partial charge in [0.1, 0.15) is 11.5 Å². The Morgan fingerprint density at radius 1 is 1.03 bits per heavy atom. The summed E-state index contributed by atoms with van der Waals surface area (Å²) in [5.74, 6) is -2.30. The zero-order valence-electron chi connectivity index (χ0n) is 18.7. The van der Waals surface area contributed by atoms with Crippen LogP contribution in [-0.2, 0) is 27.2 Å². The molecule has 1 N–H and O–H groups in total. The molecular weight excluding hydrogens is 462 g/mol. The second-order valence-corrected chi connectivity index (χ2v) is 8.69. The topological polar surface area (TPSA) is 122 Å². The first-order valence-corrected chi connectivity index (χ1v) is 11.7. The molecule has 0 fully saturated rings. The molecule has 1 aromatic heterocycles. The van der Waals surface area contributed by atoms with Crippen molar-refractivity contribution in [2.45, 2.75) is 26.8 Å². The van der Waals surface area contributed by atoms with Gasteiger partial charge in [0.15, 0.2) is 0 Å². The Balaban J connectivity index is 1.55. The van der Waals surface area contributed by atoms with Gasteiger partial charge in [-0.15, -0.1) is 11.3 Å². The van der Waals surface area contributed by atoms with Crippen molar-refractivity contribution in [2.24, 2.45) is 0 Å². The first-order chi connectivity index (χ1) is 16.3. The van der Waals surface area contributed by atoms with Gasteiger partial charge in [-0.1, -0.05) is 12.1 Å². The van der Waals surface area contributed by atoms with Gasteiger partial charge in [0, 0.05) is 11.4 Å². The number of nitrogens with one attached hydrogen (secondary N) is 1. The number of carbonyl (C=O) groups excluding carboxylic acids is 5. The molecule has 0 bridgehead atoms. The van der Waals surface area contributed by atoms with Crippen molar-refractivity contribution in [1.82, 2.24) is 9.80 Å². The summed E-state index contributed by atoms with van der Waals surface area (Å²) in [4.78, 5) is 66.0. The normalized spacial score (nSPS) is 14.5. The number of hydrogen-bond acceptors (Lipinski definition) is 8. The third-order valence-electron chi connectivity index (χ3n) is 5.50. The molecule has 3 heterocycles. The monoisotopic (exact) mass is 485 g/mol. The van der Waals surface area contributed by atoms with Gasteiger partial charge in [-0.3, -0.25) is 19.3 Å². The SMILES string of the molecule is CCOC(=O)c1c(NC(=O)CN2C(=O)c3ccccc3C2=O)sc2c1CCN(C(=O)OCC)C2. The van der Waals surface area contributed by atoms with Crippen LogP contribution in [0.15, 0.2) is 24.3 Å². The minimum absolute atomic E-state index is 0.154. The number of anilines is 1. The first-order valence-electron chi connectivity index (χ1n) is 10.8. The van der Waals surface area contributed by atoms with Crippen molar-refractivity contribution >= 4 is 46.1 Å². The summed E-state index contributed by atoms with van der Waals surface area (Å²) < 4.78 is 10.3. The lowest BCUT2D eigenvalue weighted by molar-refractivity contribution is -0.116. The average molecular weight is 486 g/mol. The maximum absolute atomic E-state index is 12.8. The molecule has 178 valence electrons. The molecule has 0 saturated carbocycles. The molecule has 1 aromatic carbocycles. The van der Waals surface area contributed by atoms with Crippen molar-refractivity contribution in [1.29, 1.82) is 0 Å². The Hall–Kier alpha value is -3.73. The number of thiophene rings is 1. The van der Waals surface area contributed by atoms with E-state index in [1.807, 2.05) is 0 Å². The second kappa shape index (κ2) is 9.64. The predicted octanol–water partition coefficient (Wildman–Crippen LogP) is 2.67. The van der Waals surface area contributed by atoms with Gasteiger partial charge in [0.2, 0.25) is 5.91 Å². The summed E-state index contributed by atoms with van der Waals surface area (Å²) in [7, 11) is 0. The van der Waals surface area contributed by atoms with Gasteiger partial charge in [-0.25, -0.2) is 9.59 Å². The van der Waals surface area contributed by atoms with Crippen LogP contribution in [0, 0.1) is 0 Å². The van der Waals surface area contributed by atoms with Gasteiger partial charge in [0.05, 0.1) is 36.4 Å². The van der Waals surface area contributed by atoms with Gasteiger partial charge in [-0.05, 0) is 38.0 Å². The molecule has 0 radical (unpaired) electrons. The van der Waals surface area contributed by atoms with Crippen molar-refractivity contribution in [3.63, 3.8) is 0 Å². The van der Waals surface area contributed by atoms with Crippen molar-refractivity contribution in [3.05, 3.63) is 51.4 Å². The maximum Gasteiger partial charge on any atom is 0.410 e. The van der Waals surface area contributed by atoms with E-state index in [0.717, 1.165) is 21.1 Å². The van der Waals surface area contributed by atoms with Gasteiger partial charge >= 0.3 is 12.1 Å². The van der Waals surface area contributed by atoms with Crippen LogP contribution in [0.1, 0.15) is 55.4 Å². The van der Waals surface area contributed by atoms with Crippen LogP contribution in [0.5, 0.6) is 0 Å². The number of carbonyl (C=O) groups is 5. The Kier molecular flexibility index (Phi) is 6.64. The fraction of sp³-hybridized carbons (Fsp3) is 0.348. The summed E-state index contributed by atoms with van der Waals surface area (Å²) >= 11 is 1.16. The Bertz CT molecular complexity index is 1150. The zero-order valence-corrected chi connectivity index (χ0v) is 19.5. The van der Waals surface area contributed by atoms with E-state index in [2.05, 4.69) is 5.32 Å². The number of rotatable bonds is 6. The minimum Gasteiger partial charge on any atom is -0.462 e. The van der Waals surface area contributed by atoms with E-state index in [4.69, 9.17) is 9.47 Å². The van der Waals surface area contributed by atoms with E-state index in [0.29, 0.717) is 18.5 Å². The van der Waals surface area contributed by atoms with Gasteiger partial charge in [0.25, 0.3) is 11.8 Å². The average Bonchev–Trinajstić information content (AvgIpc) is 3.29. The number of benzene rings is 1. The van der Waals surface area contributed by atoms with Crippen LogP contribution < -0.4 is 5.32 Å². The molecule has 10 nitrogen and oxygen atoms in total. The molecule has 0 aliphatic carbocycles. The number of fused-ring (bicyclic) bond motifs is 2. The van der Waals surface area contributed by atoms with Gasteiger partial charge in [-0.2, -0.15) is 0 Å². The van der Waals surface area contributed by atoms with E-state index in [-0.39, 0.29) is 41.4 Å². The van der Waals surface area contributed by atoms with Crippen LogP contribution in [0.25, 0.3) is 0 Å². The smallest absolute Gasteiger partial charge is 0.410 e. The highest BCUT2D eigenvalue weighted by Crippen LogP contribution is 2.38. The third-order valence-corrected chi connectivity index (χ3v) is 6.63. The molecule has 2 aliphatic rings. The maximum atomic E-state index is 12.8. The van der Waals surface area contributed by atoms with Crippen LogP contribution in [0.2, 0.25) is 0 Å². The van der Waals surface area contributed by atoms with Crippen molar-refractivity contribution in [3.8, 4) is 0 Å². The van der Waals surface area contributed by atoms with Crippen LogP contribution in [0.4, 0.5) is 9.80 Å². The molecule has 0 unspecified atom stereocenters. The van der Waals surface area contributed by atoms with E-state index >= 15 is 0 Å². The molecule has 0 atom stereocenters. The van der Waals surface area contributed by atoms with E-state index in [1.54, 1.807) is 26.0 Å². The number of esters is 1. The lowest BCUT2D eigenvalue weighted by Crippen LogP contribution is -2.37. The highest BCUT2D eigenvalue weighted by molar-refractivity contribution is 7.17. The summed E-state index contributed by atoms with van der Waals surface area (Å²) in [6.45, 7) is 3.91. The lowest BCUT2D eigenvalue weighted by atomic mass is 10.0. The van der Waals surface area contributed by atoms with Crippen LogP contribution in [-0.4, -0.2) is 65.9 Å². The number of nitrogens with zero attached hydrogens (tertiary/aromatic N) is 2. The summed E-state index contributed by atoms with van der Waals surface area (Å²) in [6.07, 6.45) is -0.0528. The zero-order chi connectivity index (χ0) is 24.4. The van der Waals surface area contributed by atoms with E-state index < -0.39 is 36.3 Å². The van der Waals surface area contributed by atoms with Crippen molar-refractivity contribution < 1.29 is 33.4 Å². The van der Waals surface area contributed by atoms with Crippen LogP contribution >= 0.6 is 11.3 Å². The fourth-order valence-electron chi connectivity index (χ4n) is 3.97. The van der Waals surface area contributed by atoms with Crippen molar-refractivity contribution in [2.75, 3.05) is 31.6 Å². The van der Waals surface area contributed by atoms with E-state index in [1.165, 1.54) is 17.0 Å². The molecule has 11 heteroatoms. The second-order valence-electron chi connectivity index (χ2n) is 7.59. The molecule has 2 aliphatic heterocycles. The fourth-order valence-corrected chi connectivity index (χ4v) is 5.24. The molecule has 4 amide bonds. The number of ether oxygens (including phenoxy) is 2. The highest BCUT2D eigenvalue weighted by atomic mass is 32.1. The predicted molar refractivity (Wildman–Crippen MR) is 122 cm³/mol. The Morgan fingerprint density at radius 3 is 2.29 bits per heavy atom. The summed E-state index contributed by atoms with van der Waals surface area (Å²) in [6, 6.07) is 6.37. The minimum atomic E-state index is -0.624. The van der Waals surface area contributed by atoms with Gasteiger partial charge < -0.3 is 19.7 Å². The molecule has 34 heavy (non-hydrogen) atoms. The molecule has 0 saturated heterocycles. The largest absolute Gasteiger partial charge is 0.462 e. The lowest BCUT2D eigenvalue weighted by Gasteiger charge is -2.26. The Labute approximate surface area is 199 Å². The van der Waals surface area contributed by atoms with E-state index in [9.17, 15) is 24.0 Å². The quantitative estimate of drug-likeness (QED) is 0.493. The number of amides is 4.